The van der Waals surface area contributed by atoms with E-state index in [9.17, 15) is 9.59 Å². The van der Waals surface area contributed by atoms with Crippen LogP contribution in [0.4, 0.5) is 0 Å². The van der Waals surface area contributed by atoms with Gasteiger partial charge in [0.1, 0.15) is 5.75 Å². The highest BCUT2D eigenvalue weighted by Crippen LogP contribution is 2.43. The van der Waals surface area contributed by atoms with E-state index in [1.54, 1.807) is 12.0 Å². The lowest BCUT2D eigenvalue weighted by atomic mass is 9.77. The number of benzene rings is 1. The summed E-state index contributed by atoms with van der Waals surface area (Å²) < 4.78 is 10.8. The Morgan fingerprint density at radius 3 is 2.80 bits per heavy atom. The lowest BCUT2D eigenvalue weighted by Crippen LogP contribution is -2.52. The van der Waals surface area contributed by atoms with Crippen LogP contribution < -0.4 is 4.74 Å². The van der Waals surface area contributed by atoms with E-state index in [1.807, 2.05) is 24.3 Å². The van der Waals surface area contributed by atoms with Crippen molar-refractivity contribution in [3.63, 3.8) is 0 Å². The molecule has 1 N–H and O–H groups in total. The summed E-state index contributed by atoms with van der Waals surface area (Å²) in [5, 5.41) is 8.99. The quantitative estimate of drug-likeness (QED) is 0.884. The molecule has 136 valence electrons. The standard InChI is InChI=1S/C19H25NO5/c1-24-15-6-4-5-14(11-15)19(7-2-3-8-19)18(23)20-9-10-25-16(13-20)12-17(21)22/h4-6,11,16H,2-3,7-10,12-13H2,1H3,(H,21,22)/t16-/m1/s1. The Bertz CT molecular complexity index is 638. The molecule has 1 aliphatic carbocycles. The molecule has 1 heterocycles. The molecule has 1 aliphatic heterocycles. The molecule has 3 rings (SSSR count). The zero-order valence-corrected chi connectivity index (χ0v) is 14.6. The zero-order chi connectivity index (χ0) is 17.9. The third-order valence-corrected chi connectivity index (χ3v) is 5.32. The van der Waals surface area contributed by atoms with Gasteiger partial charge in [-0.05, 0) is 30.5 Å². The van der Waals surface area contributed by atoms with Gasteiger partial charge in [-0.1, -0.05) is 25.0 Å². The highest BCUT2D eigenvalue weighted by atomic mass is 16.5. The number of ether oxygens (including phenoxy) is 2. The highest BCUT2D eigenvalue weighted by Gasteiger charge is 2.46. The first-order valence-corrected chi connectivity index (χ1v) is 8.82. The second kappa shape index (κ2) is 7.44. The number of carbonyl (C=O) groups excluding carboxylic acids is 1. The lowest BCUT2D eigenvalue weighted by molar-refractivity contribution is -0.150. The summed E-state index contributed by atoms with van der Waals surface area (Å²) in [4.78, 5) is 26.2. The van der Waals surface area contributed by atoms with E-state index in [0.29, 0.717) is 19.7 Å². The fourth-order valence-corrected chi connectivity index (χ4v) is 4.05. The highest BCUT2D eigenvalue weighted by molar-refractivity contribution is 5.89. The van der Waals surface area contributed by atoms with Crippen LogP contribution in [0.25, 0.3) is 0 Å². The maximum atomic E-state index is 13.4. The minimum atomic E-state index is -0.900. The number of methoxy groups -OCH3 is 1. The molecular weight excluding hydrogens is 322 g/mol. The number of morpholine rings is 1. The molecule has 1 aromatic carbocycles. The molecule has 2 fully saturated rings. The Labute approximate surface area is 147 Å². The number of aliphatic carboxylic acids is 1. The van der Waals surface area contributed by atoms with Crippen molar-refractivity contribution in [1.82, 2.24) is 4.90 Å². The molecule has 0 unspecified atom stereocenters. The number of nitrogens with zero attached hydrogens (tertiary/aromatic N) is 1. The third kappa shape index (κ3) is 3.63. The molecule has 1 amide bonds. The van der Waals surface area contributed by atoms with Crippen LogP contribution in [-0.2, 0) is 19.7 Å². The number of amides is 1. The largest absolute Gasteiger partial charge is 0.497 e. The van der Waals surface area contributed by atoms with Gasteiger partial charge in [-0.15, -0.1) is 0 Å². The van der Waals surface area contributed by atoms with Crippen LogP contribution in [0.5, 0.6) is 5.75 Å². The van der Waals surface area contributed by atoms with Gasteiger partial charge in [0.25, 0.3) is 0 Å². The van der Waals surface area contributed by atoms with E-state index in [1.165, 1.54) is 0 Å². The van der Waals surface area contributed by atoms with Crippen LogP contribution in [0.2, 0.25) is 0 Å². The predicted octanol–water partition coefficient (Wildman–Crippen LogP) is 2.21. The SMILES string of the molecule is COc1cccc(C2(C(=O)N3CCO[C@H](CC(=O)O)C3)CCCC2)c1. The molecule has 6 heteroatoms. The van der Waals surface area contributed by atoms with E-state index in [0.717, 1.165) is 37.0 Å². The average Bonchev–Trinajstić information content (AvgIpc) is 3.12. The number of rotatable bonds is 5. The maximum Gasteiger partial charge on any atom is 0.306 e. The zero-order valence-electron chi connectivity index (χ0n) is 14.6. The van der Waals surface area contributed by atoms with Crippen LogP contribution in [0.15, 0.2) is 24.3 Å². The van der Waals surface area contributed by atoms with Crippen molar-refractivity contribution in [1.29, 1.82) is 0 Å². The van der Waals surface area contributed by atoms with Gasteiger partial charge in [-0.3, -0.25) is 9.59 Å². The Morgan fingerprint density at radius 2 is 2.12 bits per heavy atom. The van der Waals surface area contributed by atoms with E-state index in [-0.39, 0.29) is 12.3 Å². The van der Waals surface area contributed by atoms with E-state index < -0.39 is 17.5 Å². The number of carboxylic acids is 1. The molecule has 1 saturated heterocycles. The fourth-order valence-electron chi connectivity index (χ4n) is 4.05. The Kier molecular flexibility index (Phi) is 5.27. The average molecular weight is 347 g/mol. The molecule has 1 saturated carbocycles. The molecule has 0 spiro atoms. The van der Waals surface area contributed by atoms with Gasteiger partial charge < -0.3 is 19.5 Å². The smallest absolute Gasteiger partial charge is 0.306 e. The second-order valence-electron chi connectivity index (χ2n) is 6.86. The van der Waals surface area contributed by atoms with Gasteiger partial charge in [0.2, 0.25) is 5.91 Å². The predicted molar refractivity (Wildman–Crippen MR) is 91.7 cm³/mol. The number of hydrogen-bond acceptors (Lipinski definition) is 4. The summed E-state index contributed by atoms with van der Waals surface area (Å²) in [6.45, 7) is 1.25. The summed E-state index contributed by atoms with van der Waals surface area (Å²) in [5.41, 5.74) is 0.468. The normalized spacial score (nSPS) is 22.6. The molecule has 0 radical (unpaired) electrons. The van der Waals surface area contributed by atoms with Crippen molar-refractivity contribution >= 4 is 11.9 Å². The molecule has 0 bridgehead atoms. The Hall–Kier alpha value is -2.08. The van der Waals surface area contributed by atoms with Crippen molar-refractivity contribution in [3.8, 4) is 5.75 Å². The Balaban J connectivity index is 1.84. The van der Waals surface area contributed by atoms with Crippen LogP contribution in [-0.4, -0.2) is 54.8 Å². The molecule has 1 atom stereocenters. The van der Waals surface area contributed by atoms with Crippen molar-refractivity contribution in [3.05, 3.63) is 29.8 Å². The summed E-state index contributed by atoms with van der Waals surface area (Å²) in [7, 11) is 1.63. The summed E-state index contributed by atoms with van der Waals surface area (Å²) in [6, 6.07) is 7.77. The third-order valence-electron chi connectivity index (χ3n) is 5.32. The topological polar surface area (TPSA) is 76.1 Å². The molecule has 6 nitrogen and oxygen atoms in total. The van der Waals surface area contributed by atoms with E-state index in [2.05, 4.69) is 0 Å². The van der Waals surface area contributed by atoms with Crippen LogP contribution in [0.1, 0.15) is 37.7 Å². The van der Waals surface area contributed by atoms with Crippen LogP contribution >= 0.6 is 0 Å². The van der Waals surface area contributed by atoms with Crippen molar-refractivity contribution in [2.24, 2.45) is 0 Å². The van der Waals surface area contributed by atoms with Gasteiger partial charge >= 0.3 is 5.97 Å². The summed E-state index contributed by atoms with van der Waals surface area (Å²) in [5.74, 6) is -0.0538. The Morgan fingerprint density at radius 1 is 1.36 bits per heavy atom. The fraction of sp³-hybridized carbons (Fsp3) is 0.579. The number of hydrogen-bond donors (Lipinski definition) is 1. The van der Waals surface area contributed by atoms with Crippen molar-refractivity contribution in [2.75, 3.05) is 26.8 Å². The summed E-state index contributed by atoms with van der Waals surface area (Å²) >= 11 is 0. The van der Waals surface area contributed by atoms with Gasteiger partial charge in [-0.2, -0.15) is 0 Å². The minimum absolute atomic E-state index is 0.0735. The molecule has 25 heavy (non-hydrogen) atoms. The summed E-state index contributed by atoms with van der Waals surface area (Å²) in [6.07, 6.45) is 3.17. The first-order chi connectivity index (χ1) is 12.0. The first-order valence-electron chi connectivity index (χ1n) is 8.82. The van der Waals surface area contributed by atoms with Crippen LogP contribution in [0, 0.1) is 0 Å². The van der Waals surface area contributed by atoms with Gasteiger partial charge in [0.15, 0.2) is 0 Å². The molecular formula is C19H25NO5. The molecule has 0 aromatic heterocycles. The van der Waals surface area contributed by atoms with Crippen molar-refractivity contribution in [2.45, 2.75) is 43.6 Å². The van der Waals surface area contributed by atoms with E-state index >= 15 is 0 Å². The van der Waals surface area contributed by atoms with E-state index in [4.69, 9.17) is 14.6 Å². The number of carboxylic acid groups (broad SMARTS) is 1. The van der Waals surface area contributed by atoms with Gasteiger partial charge in [0.05, 0.1) is 31.7 Å². The van der Waals surface area contributed by atoms with Gasteiger partial charge in [0, 0.05) is 13.1 Å². The molecule has 2 aliphatic rings. The second-order valence-corrected chi connectivity index (χ2v) is 6.86. The van der Waals surface area contributed by atoms with Crippen LogP contribution in [0.3, 0.4) is 0 Å². The molecule has 1 aromatic rings. The first kappa shape index (κ1) is 17.7. The minimum Gasteiger partial charge on any atom is -0.497 e. The van der Waals surface area contributed by atoms with Gasteiger partial charge in [-0.25, -0.2) is 0 Å². The monoisotopic (exact) mass is 347 g/mol. The van der Waals surface area contributed by atoms with Crippen molar-refractivity contribution < 1.29 is 24.2 Å². The number of carbonyl (C=O) groups is 2. The lowest BCUT2D eigenvalue weighted by Gasteiger charge is -2.39. The maximum absolute atomic E-state index is 13.4.